The summed E-state index contributed by atoms with van der Waals surface area (Å²) in [5, 5.41) is 2.79. The zero-order valence-electron chi connectivity index (χ0n) is 16.9. The van der Waals surface area contributed by atoms with Crippen LogP contribution in [-0.4, -0.2) is 38.3 Å². The lowest BCUT2D eigenvalue weighted by Gasteiger charge is -2.19. The van der Waals surface area contributed by atoms with Crippen molar-refractivity contribution in [3.05, 3.63) is 56.7 Å². The van der Waals surface area contributed by atoms with Gasteiger partial charge in [0.05, 0.1) is 12.2 Å². The Hall–Kier alpha value is -2.45. The third kappa shape index (κ3) is 4.76. The molecule has 1 atom stereocenters. The quantitative estimate of drug-likeness (QED) is 0.674. The summed E-state index contributed by atoms with van der Waals surface area (Å²) in [5.74, 6) is 0.384. The van der Waals surface area contributed by atoms with Crippen LogP contribution in [0.3, 0.4) is 0 Å². The number of thiazole rings is 1. The lowest BCUT2D eigenvalue weighted by Crippen LogP contribution is -2.31. The van der Waals surface area contributed by atoms with E-state index in [-0.39, 0.29) is 17.0 Å². The largest absolute Gasteiger partial charge is 0.346 e. The number of rotatable bonds is 5. The van der Waals surface area contributed by atoms with Gasteiger partial charge in [0.15, 0.2) is 4.96 Å². The van der Waals surface area contributed by atoms with E-state index in [9.17, 15) is 9.59 Å². The van der Waals surface area contributed by atoms with Crippen molar-refractivity contribution in [3.8, 4) is 0 Å². The molecule has 0 saturated carbocycles. The first-order valence-corrected chi connectivity index (χ1v) is 11.0. The molecule has 0 aliphatic carbocycles. The fourth-order valence-corrected chi connectivity index (χ4v) is 4.65. The predicted molar refractivity (Wildman–Crippen MR) is 114 cm³/mol. The van der Waals surface area contributed by atoms with E-state index in [1.165, 1.54) is 24.1 Å². The van der Waals surface area contributed by atoms with Gasteiger partial charge in [-0.05, 0) is 57.3 Å². The van der Waals surface area contributed by atoms with E-state index in [0.717, 1.165) is 35.4 Å². The molecule has 3 aromatic heterocycles. The van der Waals surface area contributed by atoms with E-state index in [2.05, 4.69) is 27.1 Å². The fourth-order valence-electron chi connectivity index (χ4n) is 3.82. The molecule has 8 heteroatoms. The van der Waals surface area contributed by atoms with Gasteiger partial charge < -0.3 is 10.3 Å². The summed E-state index contributed by atoms with van der Waals surface area (Å²) in [5.41, 5.74) is 1.42. The predicted octanol–water partition coefficient (Wildman–Crippen LogP) is 2.94. The number of hydrogen-bond donors (Lipinski definition) is 2. The number of carbonyl (C=O) groups excluding carboxylic acids is 1. The number of nitrogens with zero attached hydrogens (tertiary/aromatic N) is 3. The Morgan fingerprint density at radius 1 is 1.31 bits per heavy atom. The summed E-state index contributed by atoms with van der Waals surface area (Å²) in [6, 6.07) is 3.47. The van der Waals surface area contributed by atoms with Crippen molar-refractivity contribution in [2.45, 2.75) is 46.2 Å². The summed E-state index contributed by atoms with van der Waals surface area (Å²) >= 11 is 1.60. The summed E-state index contributed by atoms with van der Waals surface area (Å²) < 4.78 is 1.95. The van der Waals surface area contributed by atoms with Gasteiger partial charge in [-0.1, -0.05) is 6.92 Å². The molecule has 4 heterocycles. The van der Waals surface area contributed by atoms with Crippen molar-refractivity contribution in [1.29, 1.82) is 0 Å². The fraction of sp³-hybridized carbons (Fsp3) is 0.476. The maximum atomic E-state index is 12.5. The van der Waals surface area contributed by atoms with Crippen molar-refractivity contribution >= 4 is 22.2 Å². The van der Waals surface area contributed by atoms with Gasteiger partial charge in [0.1, 0.15) is 5.56 Å². The molecule has 1 aliphatic heterocycles. The van der Waals surface area contributed by atoms with Gasteiger partial charge in [0.25, 0.3) is 11.5 Å². The van der Waals surface area contributed by atoms with E-state index < -0.39 is 0 Å². The van der Waals surface area contributed by atoms with Crippen molar-refractivity contribution in [2.24, 2.45) is 5.92 Å². The molecule has 0 radical (unpaired) electrons. The number of aromatic nitrogens is 3. The molecule has 2 N–H and O–H groups in total. The average Bonchev–Trinajstić information content (AvgIpc) is 3.13. The highest BCUT2D eigenvalue weighted by Crippen LogP contribution is 2.18. The molecule has 0 unspecified atom stereocenters. The highest BCUT2D eigenvalue weighted by Gasteiger charge is 2.16. The average molecular weight is 414 g/mol. The van der Waals surface area contributed by atoms with E-state index in [4.69, 9.17) is 0 Å². The number of pyridine rings is 1. The summed E-state index contributed by atoms with van der Waals surface area (Å²) in [6.45, 7) is 7.44. The van der Waals surface area contributed by atoms with Crippen LogP contribution in [0.25, 0.3) is 4.96 Å². The zero-order valence-corrected chi connectivity index (χ0v) is 17.7. The van der Waals surface area contributed by atoms with E-state index in [1.807, 2.05) is 29.8 Å². The Kier molecular flexibility index (Phi) is 5.82. The topological polar surface area (TPSA) is 82.5 Å². The molecule has 0 bridgehead atoms. The molecule has 0 spiro atoms. The number of aromatic amines is 1. The van der Waals surface area contributed by atoms with Crippen LogP contribution >= 0.6 is 11.3 Å². The first-order valence-electron chi connectivity index (χ1n) is 10.1. The Morgan fingerprint density at radius 3 is 2.97 bits per heavy atom. The Bertz CT molecular complexity index is 1040. The van der Waals surface area contributed by atoms with Crippen LogP contribution in [0.5, 0.6) is 0 Å². The number of amides is 1. The summed E-state index contributed by atoms with van der Waals surface area (Å²) in [6.07, 6.45) is 7.55. The molecule has 29 heavy (non-hydrogen) atoms. The van der Waals surface area contributed by atoms with E-state index in [1.54, 1.807) is 17.4 Å². The number of imidazole rings is 1. The van der Waals surface area contributed by atoms with Crippen LogP contribution in [0, 0.1) is 12.8 Å². The molecular formula is C21H27N5O2S. The van der Waals surface area contributed by atoms with E-state index in [0.29, 0.717) is 13.1 Å². The second kappa shape index (κ2) is 8.51. The number of nitrogens with one attached hydrogen (secondary N) is 2. The van der Waals surface area contributed by atoms with Gasteiger partial charge in [-0.2, -0.15) is 0 Å². The van der Waals surface area contributed by atoms with Gasteiger partial charge >= 0.3 is 0 Å². The van der Waals surface area contributed by atoms with Crippen LogP contribution in [0.2, 0.25) is 0 Å². The highest BCUT2D eigenvalue weighted by molar-refractivity contribution is 7.16. The van der Waals surface area contributed by atoms with Crippen molar-refractivity contribution in [3.63, 3.8) is 0 Å². The van der Waals surface area contributed by atoms with Crippen LogP contribution in [0.4, 0.5) is 0 Å². The highest BCUT2D eigenvalue weighted by atomic mass is 32.1. The van der Waals surface area contributed by atoms with Crippen LogP contribution in [-0.2, 0) is 13.1 Å². The Labute approximate surface area is 173 Å². The summed E-state index contributed by atoms with van der Waals surface area (Å²) in [4.78, 5) is 36.7. The number of hydrogen-bond acceptors (Lipinski definition) is 5. The maximum Gasteiger partial charge on any atom is 0.261 e. The molecule has 1 fully saturated rings. The molecular weight excluding hydrogens is 386 g/mol. The van der Waals surface area contributed by atoms with Crippen LogP contribution in [0.1, 0.15) is 52.8 Å². The number of fused-ring (bicyclic) bond motifs is 1. The Morgan fingerprint density at radius 2 is 2.17 bits per heavy atom. The normalized spacial score (nSPS) is 18.1. The second-order valence-electron chi connectivity index (χ2n) is 7.99. The number of aryl methyl sites for hydroxylation is 1. The minimum atomic E-state index is -0.381. The first kappa shape index (κ1) is 19.8. The Balaban J connectivity index is 1.37. The SMILES string of the molecule is Cc1cn2cc(CNC(=O)c3ccc(CN4CCC[C@H](C)CC4)[nH]c3=O)nc2s1. The van der Waals surface area contributed by atoms with Gasteiger partial charge in [-0.25, -0.2) is 4.98 Å². The molecule has 1 amide bonds. The standard InChI is InChI=1S/C21H27N5O2S/c1-14-4-3-8-25(9-7-14)12-16-5-6-18(20(28)23-16)19(27)22-10-17-13-26-11-15(2)29-21(26)24-17/h5-6,11,13-14H,3-4,7-10,12H2,1-2H3,(H,22,27)(H,23,28)/t14-/m0/s1. The van der Waals surface area contributed by atoms with Gasteiger partial charge in [0, 0.05) is 29.5 Å². The molecule has 1 aliphatic rings. The zero-order chi connectivity index (χ0) is 20.4. The summed E-state index contributed by atoms with van der Waals surface area (Å²) in [7, 11) is 0. The molecule has 4 rings (SSSR count). The molecule has 3 aromatic rings. The van der Waals surface area contributed by atoms with Crippen molar-refractivity contribution < 1.29 is 4.79 Å². The third-order valence-corrected chi connectivity index (χ3v) is 6.38. The van der Waals surface area contributed by atoms with Crippen LogP contribution < -0.4 is 10.9 Å². The molecule has 154 valence electrons. The maximum absolute atomic E-state index is 12.5. The number of likely N-dealkylation sites (tertiary alicyclic amines) is 1. The number of H-pyrrole nitrogens is 1. The molecule has 7 nitrogen and oxygen atoms in total. The smallest absolute Gasteiger partial charge is 0.261 e. The second-order valence-corrected chi connectivity index (χ2v) is 9.20. The van der Waals surface area contributed by atoms with E-state index >= 15 is 0 Å². The van der Waals surface area contributed by atoms with Gasteiger partial charge in [-0.3, -0.25) is 18.9 Å². The first-order chi connectivity index (χ1) is 14.0. The number of carbonyl (C=O) groups is 1. The van der Waals surface area contributed by atoms with Gasteiger partial charge in [-0.15, -0.1) is 11.3 Å². The minimum Gasteiger partial charge on any atom is -0.346 e. The molecule has 0 aromatic carbocycles. The lowest BCUT2D eigenvalue weighted by atomic mass is 10.0. The monoisotopic (exact) mass is 413 g/mol. The van der Waals surface area contributed by atoms with Gasteiger partial charge in [0.2, 0.25) is 0 Å². The van der Waals surface area contributed by atoms with Crippen molar-refractivity contribution in [1.82, 2.24) is 24.6 Å². The lowest BCUT2D eigenvalue weighted by molar-refractivity contribution is 0.0949. The molecule has 1 saturated heterocycles. The minimum absolute atomic E-state index is 0.134. The van der Waals surface area contributed by atoms with Crippen LogP contribution in [0.15, 0.2) is 29.3 Å². The van der Waals surface area contributed by atoms with Crippen molar-refractivity contribution in [2.75, 3.05) is 13.1 Å². The third-order valence-electron chi connectivity index (χ3n) is 5.47.